The fraction of sp³-hybridized carbons (Fsp3) is 0.0667. The highest BCUT2D eigenvalue weighted by atomic mass is 19.1. The minimum absolute atomic E-state index is 0.0885. The quantitative estimate of drug-likeness (QED) is 0.801. The topological polar surface area (TPSA) is 63.8 Å². The largest absolute Gasteiger partial charge is 0.484 e. The molecule has 3 aromatic rings. The fourth-order valence-electron chi connectivity index (χ4n) is 2.05. The summed E-state index contributed by atoms with van der Waals surface area (Å²) in [5, 5.41) is 9.10. The number of pyridine rings is 1. The Kier molecular flexibility index (Phi) is 3.27. The predicted molar refractivity (Wildman–Crippen MR) is 72.9 cm³/mol. The lowest BCUT2D eigenvalue weighted by Gasteiger charge is -2.07. The number of aromatic nitrogens is 2. The number of halogens is 1. The van der Waals surface area contributed by atoms with E-state index in [0.29, 0.717) is 11.3 Å². The van der Waals surface area contributed by atoms with Crippen LogP contribution in [0, 0.1) is 5.82 Å². The molecule has 0 spiro atoms. The third-order valence-corrected chi connectivity index (χ3v) is 3.06. The Morgan fingerprint density at radius 2 is 2.10 bits per heavy atom. The van der Waals surface area contributed by atoms with Gasteiger partial charge in [-0.1, -0.05) is 12.1 Å². The lowest BCUT2D eigenvalue weighted by Crippen LogP contribution is -2.04. The number of fused-ring (bicyclic) bond motifs is 1. The number of carboxylic acids is 1. The molecule has 106 valence electrons. The molecule has 3 rings (SSSR count). The average molecular weight is 286 g/mol. The fourth-order valence-corrected chi connectivity index (χ4v) is 2.05. The van der Waals surface area contributed by atoms with Crippen LogP contribution in [0.3, 0.4) is 0 Å². The summed E-state index contributed by atoms with van der Waals surface area (Å²) in [5.74, 6) is -1.35. The first kappa shape index (κ1) is 13.1. The molecule has 0 aliphatic heterocycles. The lowest BCUT2D eigenvalue weighted by atomic mass is 10.3. The number of aromatic carboxylic acids is 1. The van der Waals surface area contributed by atoms with Gasteiger partial charge in [0, 0.05) is 6.20 Å². The van der Waals surface area contributed by atoms with Crippen molar-refractivity contribution in [3.05, 3.63) is 65.9 Å². The van der Waals surface area contributed by atoms with Gasteiger partial charge in [0.2, 0.25) is 0 Å². The van der Waals surface area contributed by atoms with Crippen molar-refractivity contribution in [2.24, 2.45) is 0 Å². The standard InChI is InChI=1S/C15H11FN2O3/c16-12-5-1-2-6-13(12)21-9-10-8-17-14-11(15(19)20)4-3-7-18(10)14/h1-8H,9H2,(H,19,20). The van der Waals surface area contributed by atoms with Crippen molar-refractivity contribution in [2.75, 3.05) is 0 Å². The molecule has 6 heteroatoms. The number of hydrogen-bond donors (Lipinski definition) is 1. The van der Waals surface area contributed by atoms with E-state index in [-0.39, 0.29) is 17.9 Å². The van der Waals surface area contributed by atoms with Gasteiger partial charge in [0.25, 0.3) is 0 Å². The minimum atomic E-state index is -1.05. The van der Waals surface area contributed by atoms with Crippen LogP contribution in [-0.2, 0) is 6.61 Å². The van der Waals surface area contributed by atoms with Crippen LogP contribution in [0.4, 0.5) is 4.39 Å². The number of nitrogens with zero attached hydrogens (tertiary/aromatic N) is 2. The SMILES string of the molecule is O=C(O)c1cccn2c(COc3ccccc3F)cnc12. The van der Waals surface area contributed by atoms with Gasteiger partial charge in [-0.3, -0.25) is 4.40 Å². The summed E-state index contributed by atoms with van der Waals surface area (Å²) in [4.78, 5) is 15.2. The monoisotopic (exact) mass is 286 g/mol. The molecule has 0 saturated heterocycles. The maximum absolute atomic E-state index is 13.5. The molecule has 0 aliphatic carbocycles. The highest BCUT2D eigenvalue weighted by Crippen LogP contribution is 2.18. The van der Waals surface area contributed by atoms with Crippen LogP contribution >= 0.6 is 0 Å². The molecule has 0 fully saturated rings. The summed E-state index contributed by atoms with van der Waals surface area (Å²) >= 11 is 0. The lowest BCUT2D eigenvalue weighted by molar-refractivity contribution is 0.0698. The number of benzene rings is 1. The van der Waals surface area contributed by atoms with Crippen LogP contribution < -0.4 is 4.74 Å². The van der Waals surface area contributed by atoms with Gasteiger partial charge in [0.1, 0.15) is 12.2 Å². The van der Waals surface area contributed by atoms with E-state index in [1.807, 2.05) is 0 Å². The molecule has 0 bridgehead atoms. The maximum atomic E-state index is 13.5. The number of carbonyl (C=O) groups is 1. The first-order valence-electron chi connectivity index (χ1n) is 6.22. The molecule has 0 saturated carbocycles. The van der Waals surface area contributed by atoms with Gasteiger partial charge in [0.05, 0.1) is 11.9 Å². The summed E-state index contributed by atoms with van der Waals surface area (Å²) in [6.45, 7) is 0.0885. The van der Waals surface area contributed by atoms with E-state index in [1.54, 1.807) is 28.8 Å². The van der Waals surface area contributed by atoms with Crippen molar-refractivity contribution in [1.29, 1.82) is 0 Å². The molecule has 21 heavy (non-hydrogen) atoms. The van der Waals surface area contributed by atoms with E-state index in [9.17, 15) is 9.18 Å². The van der Waals surface area contributed by atoms with Crippen LogP contribution in [0.25, 0.3) is 5.65 Å². The van der Waals surface area contributed by atoms with Crippen molar-refractivity contribution in [2.45, 2.75) is 6.61 Å². The molecular weight excluding hydrogens is 275 g/mol. The Balaban J connectivity index is 1.90. The highest BCUT2D eigenvalue weighted by Gasteiger charge is 2.13. The Labute approximate surface area is 119 Å². The van der Waals surface area contributed by atoms with E-state index in [1.165, 1.54) is 24.4 Å². The van der Waals surface area contributed by atoms with Crippen LogP contribution in [0.1, 0.15) is 16.1 Å². The van der Waals surface area contributed by atoms with Gasteiger partial charge >= 0.3 is 5.97 Å². The third-order valence-electron chi connectivity index (χ3n) is 3.06. The minimum Gasteiger partial charge on any atom is -0.484 e. The van der Waals surface area contributed by atoms with Crippen molar-refractivity contribution in [3.63, 3.8) is 0 Å². The average Bonchev–Trinajstić information content (AvgIpc) is 2.89. The second-order valence-electron chi connectivity index (χ2n) is 4.39. The van der Waals surface area contributed by atoms with Crippen LogP contribution in [0.15, 0.2) is 48.8 Å². The summed E-state index contributed by atoms with van der Waals surface area (Å²) in [6, 6.07) is 9.19. The number of imidazole rings is 1. The molecule has 5 nitrogen and oxygen atoms in total. The van der Waals surface area contributed by atoms with E-state index in [4.69, 9.17) is 9.84 Å². The first-order chi connectivity index (χ1) is 10.2. The molecule has 1 aromatic carbocycles. The van der Waals surface area contributed by atoms with Crippen molar-refractivity contribution in [1.82, 2.24) is 9.38 Å². The number of carboxylic acid groups (broad SMARTS) is 1. The number of hydrogen-bond acceptors (Lipinski definition) is 3. The summed E-state index contributed by atoms with van der Waals surface area (Å²) in [7, 11) is 0. The third kappa shape index (κ3) is 2.43. The molecule has 2 aromatic heterocycles. The van der Waals surface area contributed by atoms with Gasteiger partial charge in [0.15, 0.2) is 17.2 Å². The summed E-state index contributed by atoms with van der Waals surface area (Å²) in [5.41, 5.74) is 1.07. The molecule has 0 radical (unpaired) electrons. The van der Waals surface area contributed by atoms with Crippen LogP contribution in [0.2, 0.25) is 0 Å². The van der Waals surface area contributed by atoms with Crippen LogP contribution in [-0.4, -0.2) is 20.5 Å². The zero-order valence-corrected chi connectivity index (χ0v) is 10.9. The van der Waals surface area contributed by atoms with E-state index in [0.717, 1.165) is 0 Å². The van der Waals surface area contributed by atoms with Gasteiger partial charge in [-0.2, -0.15) is 0 Å². The number of ether oxygens (including phenoxy) is 1. The zero-order chi connectivity index (χ0) is 14.8. The first-order valence-corrected chi connectivity index (χ1v) is 6.22. The van der Waals surface area contributed by atoms with E-state index in [2.05, 4.69) is 4.98 Å². The molecular formula is C15H11FN2O3. The second kappa shape index (κ2) is 5.24. The number of rotatable bonds is 4. The Morgan fingerprint density at radius 3 is 2.86 bits per heavy atom. The zero-order valence-electron chi connectivity index (χ0n) is 10.9. The molecule has 0 aliphatic rings. The van der Waals surface area contributed by atoms with Gasteiger partial charge in [-0.05, 0) is 24.3 Å². The molecule has 0 atom stereocenters. The predicted octanol–water partition coefficient (Wildman–Crippen LogP) is 2.75. The molecule has 0 amide bonds. The van der Waals surface area contributed by atoms with Gasteiger partial charge in [-0.15, -0.1) is 0 Å². The molecule has 2 heterocycles. The van der Waals surface area contributed by atoms with E-state index >= 15 is 0 Å². The number of para-hydroxylation sites is 1. The van der Waals surface area contributed by atoms with Gasteiger partial charge < -0.3 is 9.84 Å². The Hall–Kier alpha value is -2.89. The molecule has 0 unspecified atom stereocenters. The normalized spacial score (nSPS) is 10.7. The highest BCUT2D eigenvalue weighted by molar-refractivity contribution is 5.94. The Bertz CT molecular complexity index is 814. The van der Waals surface area contributed by atoms with Crippen molar-refractivity contribution >= 4 is 11.6 Å². The maximum Gasteiger partial charge on any atom is 0.339 e. The molecule has 1 N–H and O–H groups in total. The van der Waals surface area contributed by atoms with E-state index < -0.39 is 11.8 Å². The summed E-state index contributed by atoms with van der Waals surface area (Å²) in [6.07, 6.45) is 3.21. The van der Waals surface area contributed by atoms with Crippen molar-refractivity contribution < 1.29 is 19.0 Å². The van der Waals surface area contributed by atoms with Crippen LogP contribution in [0.5, 0.6) is 5.75 Å². The second-order valence-corrected chi connectivity index (χ2v) is 4.39. The van der Waals surface area contributed by atoms with Gasteiger partial charge in [-0.25, -0.2) is 14.2 Å². The van der Waals surface area contributed by atoms with Crippen molar-refractivity contribution in [3.8, 4) is 5.75 Å². The Morgan fingerprint density at radius 1 is 1.29 bits per heavy atom. The smallest absolute Gasteiger partial charge is 0.339 e. The summed E-state index contributed by atoms with van der Waals surface area (Å²) < 4.78 is 20.5.